The van der Waals surface area contributed by atoms with Gasteiger partial charge in [-0.3, -0.25) is 0 Å². The van der Waals surface area contributed by atoms with E-state index in [1.807, 2.05) is 6.07 Å². The number of carbonyl (C=O) groups excluding carboxylic acids is 2. The summed E-state index contributed by atoms with van der Waals surface area (Å²) in [6.45, 7) is 2.47. The van der Waals surface area contributed by atoms with Gasteiger partial charge in [-0.25, -0.2) is 9.59 Å². The topological polar surface area (TPSA) is 111 Å². The van der Waals surface area contributed by atoms with Crippen molar-refractivity contribution >= 4 is 81.9 Å². The van der Waals surface area contributed by atoms with Gasteiger partial charge in [-0.1, -0.05) is 106 Å². The molecule has 1 N–H and O–H groups in total. The number of ether oxygens (including phenoxy) is 7. The summed E-state index contributed by atoms with van der Waals surface area (Å²) in [6.07, 6.45) is -5.82. The van der Waals surface area contributed by atoms with Crippen molar-refractivity contribution in [1.82, 2.24) is 5.32 Å². The lowest BCUT2D eigenvalue weighted by Crippen LogP contribution is -2.67. The highest BCUT2D eigenvalue weighted by atomic mass is 35.6. The van der Waals surface area contributed by atoms with E-state index in [9.17, 15) is 9.59 Å². The van der Waals surface area contributed by atoms with Gasteiger partial charge in [0.2, 0.25) is 7.59 Å². The first-order valence-corrected chi connectivity index (χ1v) is 13.2. The summed E-state index contributed by atoms with van der Waals surface area (Å²) in [5, 5.41) is 2.51. The Morgan fingerprint density at radius 3 is 2.32 bits per heavy atom. The summed E-state index contributed by atoms with van der Waals surface area (Å²) >= 11 is 34.0. The molecule has 10 nitrogen and oxygen atoms in total. The molecule has 1 amide bonds. The zero-order valence-electron chi connectivity index (χ0n) is 19.4. The number of nitrogens with one attached hydrogen (secondary N) is 1. The predicted molar refractivity (Wildman–Crippen MR) is 140 cm³/mol. The third kappa shape index (κ3) is 9.92. The molecule has 0 aromatic heterocycles. The number of amides is 1. The number of alkyl halides is 6. The molecule has 0 radical (unpaired) electrons. The minimum Gasteiger partial charge on any atom is -0.445 e. The van der Waals surface area contributed by atoms with E-state index in [-0.39, 0.29) is 13.2 Å². The normalized spacial score (nSPS) is 27.5. The maximum atomic E-state index is 12.6. The van der Waals surface area contributed by atoms with Crippen molar-refractivity contribution in [3.05, 3.63) is 48.6 Å². The van der Waals surface area contributed by atoms with Crippen molar-refractivity contribution < 1.29 is 42.7 Å². The lowest BCUT2D eigenvalue weighted by Gasteiger charge is -2.48. The van der Waals surface area contributed by atoms with E-state index in [2.05, 4.69) is 11.9 Å². The Balaban J connectivity index is 1.87. The summed E-state index contributed by atoms with van der Waals surface area (Å²) in [5.74, 6) is 0. The van der Waals surface area contributed by atoms with Crippen LogP contribution in [0.1, 0.15) is 11.9 Å². The summed E-state index contributed by atoms with van der Waals surface area (Å²) in [5.41, 5.74) is 0.695. The molecular weight excluding hydrogens is 635 g/mol. The Kier molecular flexibility index (Phi) is 11.7. The fraction of sp³-hybridized carbons (Fsp3) is 0.545. The molecule has 1 aromatic carbocycles. The molecule has 2 saturated heterocycles. The standard InChI is InChI=1S/C22H23Cl6NO9/c1-2-8-32-18-14(29-19(30)34-10-21(23,24)25)16(38-20(31)35-11-22(26,27)28)15-13(36-18)9-33-17(37-15)12-6-4-3-5-7-12/h2-7,13-18H,1,8-11H2,(H,29,30)/t13-,14-,15-,16-,17?,18+/m1/s1. The van der Waals surface area contributed by atoms with Gasteiger partial charge < -0.3 is 38.5 Å². The molecule has 38 heavy (non-hydrogen) atoms. The first-order valence-electron chi connectivity index (χ1n) is 11.0. The van der Waals surface area contributed by atoms with Crippen molar-refractivity contribution in [3.63, 3.8) is 0 Å². The van der Waals surface area contributed by atoms with Crippen LogP contribution in [0.5, 0.6) is 0 Å². The Morgan fingerprint density at radius 2 is 1.68 bits per heavy atom. The highest BCUT2D eigenvalue weighted by Crippen LogP contribution is 2.36. The van der Waals surface area contributed by atoms with Gasteiger partial charge >= 0.3 is 12.2 Å². The number of alkyl carbamates (subject to hydrolysis) is 1. The second kappa shape index (κ2) is 14.1. The molecule has 0 bridgehead atoms. The van der Waals surface area contributed by atoms with E-state index in [0.717, 1.165) is 0 Å². The largest absolute Gasteiger partial charge is 0.508 e. The average molecular weight is 658 g/mol. The first-order chi connectivity index (χ1) is 17.9. The van der Waals surface area contributed by atoms with E-state index >= 15 is 0 Å². The minimum atomic E-state index is -1.89. The van der Waals surface area contributed by atoms with E-state index in [1.165, 1.54) is 6.08 Å². The summed E-state index contributed by atoms with van der Waals surface area (Å²) in [4.78, 5) is 25.2. The third-order valence-electron chi connectivity index (χ3n) is 5.03. The fourth-order valence-corrected chi connectivity index (χ4v) is 3.89. The van der Waals surface area contributed by atoms with Gasteiger partial charge in [0.1, 0.15) is 31.5 Å². The maximum Gasteiger partial charge on any atom is 0.508 e. The lowest BCUT2D eigenvalue weighted by atomic mass is 9.95. The van der Waals surface area contributed by atoms with Crippen molar-refractivity contribution in [2.75, 3.05) is 26.4 Å². The van der Waals surface area contributed by atoms with Gasteiger partial charge in [0, 0.05) is 5.56 Å². The van der Waals surface area contributed by atoms with E-state index < -0.39 is 70.0 Å². The van der Waals surface area contributed by atoms with Crippen LogP contribution in [0.4, 0.5) is 9.59 Å². The number of benzene rings is 1. The molecular formula is C22H23Cl6NO9. The van der Waals surface area contributed by atoms with E-state index in [1.54, 1.807) is 24.3 Å². The van der Waals surface area contributed by atoms with Gasteiger partial charge in [0.15, 0.2) is 18.7 Å². The zero-order valence-corrected chi connectivity index (χ0v) is 23.9. The molecule has 0 aliphatic carbocycles. The van der Waals surface area contributed by atoms with E-state index in [4.69, 9.17) is 103 Å². The van der Waals surface area contributed by atoms with Crippen LogP contribution in [0, 0.1) is 0 Å². The van der Waals surface area contributed by atoms with Crippen LogP contribution in [0.3, 0.4) is 0 Å². The first kappa shape index (κ1) is 31.6. The highest BCUT2D eigenvalue weighted by Gasteiger charge is 2.53. The Bertz CT molecular complexity index is 945. The SMILES string of the molecule is C=CCO[C@H]1O[C@@H]2COC(c3ccccc3)O[C@H]2[C@H](OC(=O)OCC(Cl)(Cl)Cl)[C@H]1NC(=O)OCC(Cl)(Cl)Cl. The molecule has 0 spiro atoms. The second-order valence-corrected chi connectivity index (χ2v) is 13.0. The van der Waals surface area contributed by atoms with Gasteiger partial charge in [-0.15, -0.1) is 6.58 Å². The van der Waals surface area contributed by atoms with Crippen LogP contribution in [-0.4, -0.2) is 76.9 Å². The summed E-state index contributed by atoms with van der Waals surface area (Å²) < 4.78 is 35.3. The molecule has 6 atom stereocenters. The van der Waals surface area contributed by atoms with Crippen LogP contribution >= 0.6 is 69.6 Å². The molecule has 3 rings (SSSR count). The van der Waals surface area contributed by atoms with Crippen molar-refractivity contribution in [2.45, 2.75) is 44.5 Å². The van der Waals surface area contributed by atoms with Crippen molar-refractivity contribution in [1.29, 1.82) is 0 Å². The molecule has 2 aliphatic rings. The average Bonchev–Trinajstić information content (AvgIpc) is 2.86. The summed E-state index contributed by atoms with van der Waals surface area (Å²) in [7, 11) is 0. The second-order valence-electron chi connectivity index (χ2n) is 7.94. The molecule has 2 heterocycles. The summed E-state index contributed by atoms with van der Waals surface area (Å²) in [6, 6.07) is 7.82. The Hall–Kier alpha value is -0.920. The van der Waals surface area contributed by atoms with Crippen molar-refractivity contribution in [3.8, 4) is 0 Å². The van der Waals surface area contributed by atoms with Gasteiger partial charge in [-0.05, 0) is 0 Å². The molecule has 2 fully saturated rings. The zero-order chi connectivity index (χ0) is 27.9. The monoisotopic (exact) mass is 655 g/mol. The van der Waals surface area contributed by atoms with Gasteiger partial charge in [0.25, 0.3) is 0 Å². The molecule has 2 aliphatic heterocycles. The Morgan fingerprint density at radius 1 is 1.03 bits per heavy atom. The smallest absolute Gasteiger partial charge is 0.445 e. The molecule has 1 unspecified atom stereocenters. The lowest BCUT2D eigenvalue weighted by molar-refractivity contribution is -0.343. The molecule has 16 heteroatoms. The number of hydrogen-bond acceptors (Lipinski definition) is 9. The molecule has 0 saturated carbocycles. The fourth-order valence-electron chi connectivity index (χ4n) is 3.56. The number of halogens is 6. The van der Waals surface area contributed by atoms with Crippen LogP contribution < -0.4 is 5.32 Å². The predicted octanol–water partition coefficient (Wildman–Crippen LogP) is 5.39. The van der Waals surface area contributed by atoms with Crippen molar-refractivity contribution in [2.24, 2.45) is 0 Å². The highest BCUT2D eigenvalue weighted by molar-refractivity contribution is 6.68. The number of rotatable bonds is 8. The maximum absolute atomic E-state index is 12.6. The Labute approximate surface area is 248 Å². The number of carbonyl (C=O) groups is 2. The van der Waals surface area contributed by atoms with Crippen LogP contribution in [0.25, 0.3) is 0 Å². The molecule has 212 valence electrons. The van der Waals surface area contributed by atoms with E-state index in [0.29, 0.717) is 5.56 Å². The number of hydrogen-bond donors (Lipinski definition) is 1. The quantitative estimate of drug-likeness (QED) is 0.224. The number of fused-ring (bicyclic) bond motifs is 1. The van der Waals surface area contributed by atoms with Crippen LogP contribution in [-0.2, 0) is 33.2 Å². The van der Waals surface area contributed by atoms with Crippen LogP contribution in [0.2, 0.25) is 0 Å². The van der Waals surface area contributed by atoms with Crippen LogP contribution in [0.15, 0.2) is 43.0 Å². The van der Waals surface area contributed by atoms with Gasteiger partial charge in [0.05, 0.1) is 13.2 Å². The molecule has 1 aromatic rings. The third-order valence-corrected chi connectivity index (χ3v) is 5.68. The van der Waals surface area contributed by atoms with Gasteiger partial charge in [-0.2, -0.15) is 0 Å². The minimum absolute atomic E-state index is 0.0161.